The molecule has 206 valence electrons. The van der Waals surface area contributed by atoms with Crippen LogP contribution in [0.1, 0.15) is 67.4 Å². The number of hydrogen-bond acceptors (Lipinski definition) is 5. The van der Waals surface area contributed by atoms with E-state index in [1.165, 1.54) is 13.3 Å². The van der Waals surface area contributed by atoms with E-state index in [1.54, 1.807) is 6.07 Å². The molecule has 5 rings (SSSR count). The molecule has 39 heavy (non-hydrogen) atoms. The predicted octanol–water partition coefficient (Wildman–Crippen LogP) is 6.63. The predicted molar refractivity (Wildman–Crippen MR) is 149 cm³/mol. The molecule has 2 aromatic carbocycles. The molecule has 2 heterocycles. The number of aryl methyl sites for hydroxylation is 1. The lowest BCUT2D eigenvalue weighted by Gasteiger charge is -2.29. The Morgan fingerprint density at radius 1 is 1.18 bits per heavy atom. The Balaban J connectivity index is 1.46. The fraction of sp³-hybridized carbons (Fsp3) is 0.438. The van der Waals surface area contributed by atoms with E-state index in [0.29, 0.717) is 23.9 Å². The van der Waals surface area contributed by atoms with Crippen LogP contribution < -0.4 is 9.47 Å². The van der Waals surface area contributed by atoms with Gasteiger partial charge in [0.05, 0.1) is 19.2 Å². The number of aliphatic carboxylic acids is 1. The van der Waals surface area contributed by atoms with E-state index >= 15 is 0 Å². The number of halogens is 1. The molecule has 1 aliphatic heterocycles. The van der Waals surface area contributed by atoms with E-state index in [1.807, 2.05) is 26.1 Å². The topological polar surface area (TPSA) is 71.9 Å². The molecule has 3 atom stereocenters. The third-order valence-corrected chi connectivity index (χ3v) is 8.29. The summed E-state index contributed by atoms with van der Waals surface area (Å²) >= 11 is 0. The van der Waals surface area contributed by atoms with E-state index in [4.69, 9.17) is 9.47 Å². The Kier molecular flexibility index (Phi) is 7.89. The van der Waals surface area contributed by atoms with Crippen LogP contribution >= 0.6 is 0 Å². The summed E-state index contributed by atoms with van der Waals surface area (Å²) in [5.74, 6) is 0.0541. The van der Waals surface area contributed by atoms with Crippen LogP contribution in [0.3, 0.4) is 0 Å². The van der Waals surface area contributed by atoms with Crippen LogP contribution in [0.15, 0.2) is 48.7 Å². The minimum atomic E-state index is -0.753. The lowest BCUT2D eigenvalue weighted by Crippen LogP contribution is -2.21. The molecule has 6 nitrogen and oxygen atoms in total. The van der Waals surface area contributed by atoms with Crippen LogP contribution in [0.25, 0.3) is 11.1 Å². The summed E-state index contributed by atoms with van der Waals surface area (Å²) in [4.78, 5) is 18.0. The summed E-state index contributed by atoms with van der Waals surface area (Å²) in [5.41, 5.74) is 5.54. The zero-order valence-electron chi connectivity index (χ0n) is 23.1. The Labute approximate surface area is 229 Å². The molecule has 3 aromatic rings. The number of carbonyl (C=O) groups is 1. The quantitative estimate of drug-likeness (QED) is 0.316. The van der Waals surface area contributed by atoms with Crippen molar-refractivity contribution in [2.75, 3.05) is 20.7 Å². The molecule has 1 saturated carbocycles. The Morgan fingerprint density at radius 2 is 1.97 bits per heavy atom. The van der Waals surface area contributed by atoms with Crippen molar-refractivity contribution in [3.8, 4) is 22.8 Å². The summed E-state index contributed by atoms with van der Waals surface area (Å²) in [6.45, 7) is 5.43. The van der Waals surface area contributed by atoms with Crippen LogP contribution in [-0.2, 0) is 17.8 Å². The molecule has 1 aliphatic carbocycles. The zero-order valence-corrected chi connectivity index (χ0v) is 23.1. The van der Waals surface area contributed by atoms with Crippen LogP contribution in [-0.4, -0.2) is 41.7 Å². The summed E-state index contributed by atoms with van der Waals surface area (Å²) in [5, 5.41) is 9.71. The Morgan fingerprint density at radius 3 is 2.67 bits per heavy atom. The first-order valence-corrected chi connectivity index (χ1v) is 13.8. The molecule has 0 spiro atoms. The molecule has 0 bridgehead atoms. The van der Waals surface area contributed by atoms with Crippen molar-refractivity contribution in [3.05, 3.63) is 76.7 Å². The maximum atomic E-state index is 14.9. The highest BCUT2D eigenvalue weighted by Gasteiger charge is 2.39. The summed E-state index contributed by atoms with van der Waals surface area (Å²) in [6.07, 6.45) is 4.94. The summed E-state index contributed by atoms with van der Waals surface area (Å²) in [7, 11) is 3.57. The summed E-state index contributed by atoms with van der Waals surface area (Å²) < 4.78 is 26.7. The van der Waals surface area contributed by atoms with Gasteiger partial charge in [-0.2, -0.15) is 0 Å². The van der Waals surface area contributed by atoms with Crippen LogP contribution in [0.4, 0.5) is 4.39 Å². The van der Waals surface area contributed by atoms with Gasteiger partial charge in [-0.15, -0.1) is 0 Å². The molecule has 7 heteroatoms. The standard InChI is InChI=1S/C32H37FN2O4/c1-5-35(3)18-24-14-22(10-12-25(24)26-16-30(38-4)34-17-27(26)33)28-13-11-20-6-9-23(15-29(20)39-28)31(21-7-8-21)19(2)32(36)37/h6,9-10,12,14-17,19,21,28,31H,5,7-8,11,13,18H2,1-4H3,(H,36,37)/t19-,28?,31-/m0/s1. The second-order valence-electron chi connectivity index (χ2n) is 11.0. The van der Waals surface area contributed by atoms with Gasteiger partial charge < -0.3 is 19.5 Å². The van der Waals surface area contributed by atoms with Gasteiger partial charge >= 0.3 is 5.97 Å². The van der Waals surface area contributed by atoms with E-state index in [2.05, 4.69) is 41.1 Å². The molecule has 0 amide bonds. The zero-order chi connectivity index (χ0) is 27.7. The number of rotatable bonds is 10. The van der Waals surface area contributed by atoms with Crippen molar-refractivity contribution < 1.29 is 23.8 Å². The van der Waals surface area contributed by atoms with E-state index in [0.717, 1.165) is 65.8 Å². The van der Waals surface area contributed by atoms with Crippen LogP contribution in [0.2, 0.25) is 0 Å². The van der Waals surface area contributed by atoms with Gasteiger partial charge in [-0.05, 0) is 85.0 Å². The van der Waals surface area contributed by atoms with Gasteiger partial charge in [0, 0.05) is 18.2 Å². The van der Waals surface area contributed by atoms with Gasteiger partial charge in [0.2, 0.25) is 5.88 Å². The number of aromatic nitrogens is 1. The molecule has 1 N–H and O–H groups in total. The average molecular weight is 533 g/mol. The van der Waals surface area contributed by atoms with Gasteiger partial charge in [-0.1, -0.05) is 44.2 Å². The molecule has 1 fully saturated rings. The molecule has 2 aliphatic rings. The van der Waals surface area contributed by atoms with Crippen LogP contribution in [0.5, 0.6) is 11.6 Å². The number of pyridine rings is 1. The maximum absolute atomic E-state index is 14.9. The van der Waals surface area contributed by atoms with Gasteiger partial charge in [0.15, 0.2) is 0 Å². The highest BCUT2D eigenvalue weighted by molar-refractivity contribution is 5.71. The molecule has 1 aromatic heterocycles. The van der Waals surface area contributed by atoms with Gasteiger partial charge in [0.25, 0.3) is 0 Å². The smallest absolute Gasteiger partial charge is 0.306 e. The number of methoxy groups -OCH3 is 1. The molecular weight excluding hydrogens is 495 g/mol. The number of nitrogens with zero attached hydrogens (tertiary/aromatic N) is 2. The minimum absolute atomic E-state index is 0.000469. The van der Waals surface area contributed by atoms with E-state index in [9.17, 15) is 14.3 Å². The second kappa shape index (κ2) is 11.3. The highest BCUT2D eigenvalue weighted by atomic mass is 19.1. The van der Waals surface area contributed by atoms with Gasteiger partial charge in [-0.25, -0.2) is 9.37 Å². The Bertz CT molecular complexity index is 1360. The van der Waals surface area contributed by atoms with Crippen molar-refractivity contribution in [2.24, 2.45) is 11.8 Å². The molecular formula is C32H37FN2O4. The van der Waals surface area contributed by atoms with Crippen molar-refractivity contribution in [1.82, 2.24) is 9.88 Å². The minimum Gasteiger partial charge on any atom is -0.485 e. The third kappa shape index (κ3) is 5.78. The lowest BCUT2D eigenvalue weighted by atomic mass is 9.82. The van der Waals surface area contributed by atoms with Crippen molar-refractivity contribution in [3.63, 3.8) is 0 Å². The fourth-order valence-electron chi connectivity index (χ4n) is 5.75. The highest BCUT2D eigenvalue weighted by Crippen LogP contribution is 2.48. The van der Waals surface area contributed by atoms with Crippen molar-refractivity contribution in [1.29, 1.82) is 0 Å². The monoisotopic (exact) mass is 532 g/mol. The largest absolute Gasteiger partial charge is 0.485 e. The fourth-order valence-corrected chi connectivity index (χ4v) is 5.75. The normalized spacial score (nSPS) is 18.3. The van der Waals surface area contributed by atoms with Crippen molar-refractivity contribution in [2.45, 2.75) is 58.1 Å². The van der Waals surface area contributed by atoms with Crippen LogP contribution in [0, 0.1) is 17.7 Å². The molecule has 0 saturated heterocycles. The number of carboxylic acid groups (broad SMARTS) is 1. The lowest BCUT2D eigenvalue weighted by molar-refractivity contribution is -0.142. The average Bonchev–Trinajstić information content (AvgIpc) is 3.78. The third-order valence-electron chi connectivity index (χ3n) is 8.29. The van der Waals surface area contributed by atoms with Crippen molar-refractivity contribution >= 4 is 5.97 Å². The van der Waals surface area contributed by atoms with E-state index in [-0.39, 0.29) is 17.8 Å². The first-order chi connectivity index (χ1) is 18.8. The SMILES string of the molecule is CCN(C)Cc1cc(C2CCc3ccc([C@H](C4CC4)[C@H](C)C(=O)O)cc3O2)ccc1-c1cc(OC)ncc1F. The number of hydrogen-bond donors (Lipinski definition) is 1. The molecule has 1 unspecified atom stereocenters. The summed E-state index contributed by atoms with van der Waals surface area (Å²) in [6, 6.07) is 14.0. The maximum Gasteiger partial charge on any atom is 0.306 e. The number of carboxylic acids is 1. The second-order valence-corrected chi connectivity index (χ2v) is 11.0. The first-order valence-electron chi connectivity index (χ1n) is 13.8. The van der Waals surface area contributed by atoms with Gasteiger partial charge in [0.1, 0.15) is 17.7 Å². The number of fused-ring (bicyclic) bond motifs is 1. The van der Waals surface area contributed by atoms with Gasteiger partial charge in [-0.3, -0.25) is 4.79 Å². The Hall–Kier alpha value is -3.45. The number of benzene rings is 2. The van der Waals surface area contributed by atoms with E-state index < -0.39 is 11.9 Å². The molecule has 0 radical (unpaired) electrons. The number of ether oxygens (including phenoxy) is 2. The first kappa shape index (κ1) is 27.1.